The second-order valence-electron chi connectivity index (χ2n) is 10.5. The SMILES string of the molecule is Cc1ccccc1C(=O)NCc1nc2ccccc2n1CC(=O)N(C1CCCCC1)C1CCCCC1. The van der Waals surface area contributed by atoms with E-state index in [1.54, 1.807) is 0 Å². The molecule has 0 radical (unpaired) electrons. The molecule has 3 aromatic rings. The third-order valence-corrected chi connectivity index (χ3v) is 8.05. The summed E-state index contributed by atoms with van der Waals surface area (Å²) in [6.07, 6.45) is 11.9. The van der Waals surface area contributed by atoms with E-state index in [-0.39, 0.29) is 24.9 Å². The van der Waals surface area contributed by atoms with Gasteiger partial charge in [-0.05, 0) is 56.4 Å². The number of aromatic nitrogens is 2. The number of amides is 2. The van der Waals surface area contributed by atoms with Gasteiger partial charge in [0.2, 0.25) is 5.91 Å². The Morgan fingerprint density at radius 2 is 1.50 bits per heavy atom. The van der Waals surface area contributed by atoms with Crippen LogP contribution in [0, 0.1) is 6.92 Å². The molecule has 36 heavy (non-hydrogen) atoms. The fraction of sp³-hybridized carbons (Fsp3) is 0.500. The molecule has 2 fully saturated rings. The Bertz CT molecular complexity index is 1190. The summed E-state index contributed by atoms with van der Waals surface area (Å²) in [7, 11) is 0. The Kier molecular flexibility index (Phi) is 7.69. The molecule has 0 atom stereocenters. The molecule has 2 amide bonds. The minimum Gasteiger partial charge on any atom is -0.345 e. The zero-order chi connectivity index (χ0) is 24.9. The lowest BCUT2D eigenvalue weighted by molar-refractivity contribution is -0.138. The molecular weight excluding hydrogens is 448 g/mol. The number of imidazole rings is 1. The highest BCUT2D eigenvalue weighted by atomic mass is 16.2. The van der Waals surface area contributed by atoms with Gasteiger partial charge in [0, 0.05) is 17.6 Å². The number of rotatable bonds is 7. The van der Waals surface area contributed by atoms with Gasteiger partial charge in [-0.25, -0.2) is 4.98 Å². The van der Waals surface area contributed by atoms with E-state index in [0.717, 1.165) is 48.1 Å². The number of hydrogen-bond donors (Lipinski definition) is 1. The first-order valence-electron chi connectivity index (χ1n) is 13.7. The molecule has 6 nitrogen and oxygen atoms in total. The molecule has 2 aromatic carbocycles. The van der Waals surface area contributed by atoms with Crippen LogP contribution in [0.3, 0.4) is 0 Å². The molecule has 1 heterocycles. The van der Waals surface area contributed by atoms with Crippen LogP contribution in [0.25, 0.3) is 11.0 Å². The van der Waals surface area contributed by atoms with Gasteiger partial charge in [0.05, 0.1) is 17.6 Å². The minimum absolute atomic E-state index is 0.121. The number of fused-ring (bicyclic) bond motifs is 1. The maximum atomic E-state index is 14.0. The quantitative estimate of drug-likeness (QED) is 0.461. The average molecular weight is 487 g/mol. The first-order valence-corrected chi connectivity index (χ1v) is 13.7. The van der Waals surface area contributed by atoms with E-state index in [0.29, 0.717) is 17.6 Å². The predicted octanol–water partition coefficient (Wildman–Crippen LogP) is 5.77. The summed E-state index contributed by atoms with van der Waals surface area (Å²) in [4.78, 5) is 34.0. The zero-order valence-electron chi connectivity index (χ0n) is 21.4. The second-order valence-corrected chi connectivity index (χ2v) is 10.5. The highest BCUT2D eigenvalue weighted by molar-refractivity contribution is 5.95. The number of benzene rings is 2. The maximum absolute atomic E-state index is 14.0. The number of aryl methyl sites for hydroxylation is 1. The Labute approximate surface area is 214 Å². The molecule has 5 rings (SSSR count). The van der Waals surface area contributed by atoms with Crippen molar-refractivity contribution in [3.63, 3.8) is 0 Å². The summed E-state index contributed by atoms with van der Waals surface area (Å²) in [5.41, 5.74) is 3.40. The Balaban J connectivity index is 1.39. The second kappa shape index (κ2) is 11.3. The highest BCUT2D eigenvalue weighted by Crippen LogP contribution is 2.31. The summed E-state index contributed by atoms with van der Waals surface area (Å²) in [5.74, 6) is 0.797. The smallest absolute Gasteiger partial charge is 0.251 e. The molecule has 0 aliphatic heterocycles. The Morgan fingerprint density at radius 3 is 2.17 bits per heavy atom. The number of nitrogens with one attached hydrogen (secondary N) is 1. The fourth-order valence-corrected chi connectivity index (χ4v) is 6.16. The monoisotopic (exact) mass is 486 g/mol. The summed E-state index contributed by atoms with van der Waals surface area (Å²) in [6.45, 7) is 2.49. The van der Waals surface area contributed by atoms with Crippen LogP contribution in [-0.2, 0) is 17.9 Å². The van der Waals surface area contributed by atoms with Gasteiger partial charge in [0.15, 0.2) is 0 Å². The van der Waals surface area contributed by atoms with Crippen molar-refractivity contribution in [1.82, 2.24) is 19.8 Å². The molecule has 0 saturated heterocycles. The Hall–Kier alpha value is -3.15. The lowest BCUT2D eigenvalue weighted by atomic mass is 9.88. The third-order valence-electron chi connectivity index (χ3n) is 8.05. The van der Waals surface area contributed by atoms with Crippen LogP contribution in [0.5, 0.6) is 0 Å². The van der Waals surface area contributed by atoms with Crippen LogP contribution in [0.2, 0.25) is 0 Å². The lowest BCUT2D eigenvalue weighted by Gasteiger charge is -2.42. The van der Waals surface area contributed by atoms with Gasteiger partial charge in [0.25, 0.3) is 5.91 Å². The standard InChI is InChI=1S/C30H38N4O2/c1-22-12-8-9-17-25(22)30(36)31-20-28-32-26-18-10-11-19-27(26)33(28)21-29(35)34(23-13-4-2-5-14-23)24-15-6-3-7-16-24/h8-12,17-19,23-24H,2-7,13-16,20-21H2,1H3,(H,31,36). The highest BCUT2D eigenvalue weighted by Gasteiger charge is 2.33. The first kappa shape index (κ1) is 24.5. The number of nitrogens with zero attached hydrogens (tertiary/aromatic N) is 3. The summed E-state index contributed by atoms with van der Waals surface area (Å²) in [5, 5.41) is 3.04. The number of carbonyl (C=O) groups excluding carboxylic acids is 2. The predicted molar refractivity (Wildman–Crippen MR) is 143 cm³/mol. The number of para-hydroxylation sites is 2. The van der Waals surface area contributed by atoms with Crippen molar-refractivity contribution < 1.29 is 9.59 Å². The number of carbonyl (C=O) groups is 2. The van der Waals surface area contributed by atoms with Crippen LogP contribution in [0.4, 0.5) is 0 Å². The molecule has 1 N–H and O–H groups in total. The fourth-order valence-electron chi connectivity index (χ4n) is 6.16. The van der Waals surface area contributed by atoms with E-state index in [9.17, 15) is 9.59 Å². The van der Waals surface area contributed by atoms with Crippen molar-refractivity contribution in [2.75, 3.05) is 0 Å². The van der Waals surface area contributed by atoms with Crippen molar-refractivity contribution in [3.05, 3.63) is 65.5 Å². The first-order chi connectivity index (χ1) is 17.6. The number of hydrogen-bond acceptors (Lipinski definition) is 3. The summed E-state index contributed by atoms with van der Waals surface area (Å²) in [6, 6.07) is 16.2. The van der Waals surface area contributed by atoms with Gasteiger partial charge in [-0.1, -0.05) is 68.9 Å². The maximum Gasteiger partial charge on any atom is 0.251 e. The average Bonchev–Trinajstić information content (AvgIpc) is 3.26. The van der Waals surface area contributed by atoms with Gasteiger partial charge in [-0.3, -0.25) is 9.59 Å². The topological polar surface area (TPSA) is 67.2 Å². The van der Waals surface area contributed by atoms with Crippen molar-refractivity contribution in [1.29, 1.82) is 0 Å². The van der Waals surface area contributed by atoms with E-state index in [2.05, 4.69) is 10.2 Å². The van der Waals surface area contributed by atoms with E-state index in [4.69, 9.17) is 4.98 Å². The van der Waals surface area contributed by atoms with Crippen LogP contribution >= 0.6 is 0 Å². The van der Waals surface area contributed by atoms with Crippen LogP contribution < -0.4 is 5.32 Å². The molecule has 1 aromatic heterocycles. The summed E-state index contributed by atoms with van der Waals surface area (Å²) >= 11 is 0. The molecule has 0 spiro atoms. The normalized spacial score (nSPS) is 17.2. The molecule has 0 unspecified atom stereocenters. The van der Waals surface area contributed by atoms with Crippen LogP contribution in [0.1, 0.15) is 86.0 Å². The van der Waals surface area contributed by atoms with E-state index < -0.39 is 0 Å². The summed E-state index contributed by atoms with van der Waals surface area (Å²) < 4.78 is 2.02. The molecular formula is C30H38N4O2. The van der Waals surface area contributed by atoms with Gasteiger partial charge >= 0.3 is 0 Å². The molecule has 2 aliphatic rings. The lowest BCUT2D eigenvalue weighted by Crippen LogP contribution is -2.50. The minimum atomic E-state index is -0.121. The van der Waals surface area contributed by atoms with Crippen LogP contribution in [0.15, 0.2) is 48.5 Å². The van der Waals surface area contributed by atoms with E-state index in [1.165, 1.54) is 38.5 Å². The van der Waals surface area contributed by atoms with Crippen molar-refractivity contribution >= 4 is 22.8 Å². The van der Waals surface area contributed by atoms with Gasteiger partial charge in [0.1, 0.15) is 12.4 Å². The van der Waals surface area contributed by atoms with Crippen LogP contribution in [-0.4, -0.2) is 38.3 Å². The van der Waals surface area contributed by atoms with Gasteiger partial charge in [-0.15, -0.1) is 0 Å². The Morgan fingerprint density at radius 1 is 0.889 bits per heavy atom. The van der Waals surface area contributed by atoms with E-state index in [1.807, 2.05) is 60.0 Å². The molecule has 2 aliphatic carbocycles. The molecule has 2 saturated carbocycles. The third kappa shape index (κ3) is 5.32. The van der Waals surface area contributed by atoms with Crippen molar-refractivity contribution in [2.45, 2.75) is 96.3 Å². The molecule has 6 heteroatoms. The van der Waals surface area contributed by atoms with Gasteiger partial charge in [-0.2, -0.15) is 0 Å². The largest absolute Gasteiger partial charge is 0.345 e. The zero-order valence-corrected chi connectivity index (χ0v) is 21.4. The van der Waals surface area contributed by atoms with Crippen molar-refractivity contribution in [3.8, 4) is 0 Å². The van der Waals surface area contributed by atoms with Crippen molar-refractivity contribution in [2.24, 2.45) is 0 Å². The van der Waals surface area contributed by atoms with Gasteiger partial charge < -0.3 is 14.8 Å². The molecule has 0 bridgehead atoms. The van der Waals surface area contributed by atoms with E-state index >= 15 is 0 Å². The molecule has 190 valence electrons.